The van der Waals surface area contributed by atoms with Crippen LogP contribution in [-0.4, -0.2) is 36.0 Å². The van der Waals surface area contributed by atoms with Crippen molar-refractivity contribution >= 4 is 21.4 Å². The highest BCUT2D eigenvalue weighted by Crippen LogP contribution is 2.32. The lowest BCUT2D eigenvalue weighted by molar-refractivity contribution is 0.286. The van der Waals surface area contributed by atoms with Crippen LogP contribution >= 0.6 is 11.3 Å². The molecule has 1 aliphatic rings. The topological polar surface area (TPSA) is 76.3 Å². The fourth-order valence-corrected chi connectivity index (χ4v) is 5.70. The van der Waals surface area contributed by atoms with Crippen molar-refractivity contribution in [3.8, 4) is 10.8 Å². The Morgan fingerprint density at radius 3 is 2.75 bits per heavy atom. The van der Waals surface area contributed by atoms with E-state index >= 15 is 0 Å². The number of nitrogens with zero attached hydrogens (tertiary/aromatic N) is 3. The van der Waals surface area contributed by atoms with Gasteiger partial charge in [0.25, 0.3) is 5.89 Å². The average Bonchev–Trinajstić information content (AvgIpc) is 3.41. The molecule has 0 N–H and O–H groups in total. The van der Waals surface area contributed by atoms with E-state index in [1.54, 1.807) is 27.8 Å². The zero-order valence-corrected chi connectivity index (χ0v) is 17.4. The summed E-state index contributed by atoms with van der Waals surface area (Å²) in [5.41, 5.74) is 1.16. The molecule has 0 spiro atoms. The fraction of sp³-hybridized carbons (Fsp3) is 0.400. The van der Waals surface area contributed by atoms with Crippen LogP contribution in [0.5, 0.6) is 0 Å². The molecule has 1 unspecified atom stereocenters. The van der Waals surface area contributed by atoms with Gasteiger partial charge in [0.05, 0.1) is 15.7 Å². The molecule has 148 valence electrons. The normalized spacial score (nSPS) is 18.4. The van der Waals surface area contributed by atoms with E-state index in [1.807, 2.05) is 29.6 Å². The second kappa shape index (κ2) is 8.14. The minimum atomic E-state index is -3.53. The molecule has 3 heterocycles. The number of aryl methyl sites for hydroxylation is 1. The van der Waals surface area contributed by atoms with E-state index in [1.165, 1.54) is 0 Å². The number of thiophene rings is 1. The second-order valence-corrected chi connectivity index (χ2v) is 9.90. The van der Waals surface area contributed by atoms with Crippen LogP contribution in [0.25, 0.3) is 10.8 Å². The lowest BCUT2D eigenvalue weighted by Gasteiger charge is -2.30. The first kappa shape index (κ1) is 19.3. The maximum Gasteiger partial charge on any atom is 0.257 e. The molecule has 1 aromatic carbocycles. The molecule has 1 saturated heterocycles. The molecule has 2 aromatic heterocycles. The Labute approximate surface area is 169 Å². The van der Waals surface area contributed by atoms with Crippen molar-refractivity contribution in [3.05, 3.63) is 53.2 Å². The zero-order chi connectivity index (χ0) is 19.6. The van der Waals surface area contributed by atoms with Crippen molar-refractivity contribution in [2.45, 2.75) is 43.4 Å². The van der Waals surface area contributed by atoms with Crippen molar-refractivity contribution in [2.75, 3.05) is 13.1 Å². The standard InChI is InChI=1S/C20H23N3O3S2/c1-2-5-15-8-10-17(11-9-15)28(24,25)23-12-3-6-16(14-23)19-21-22-20(26-19)18-7-4-13-27-18/h4,7-11,13,16H,2-3,5-6,12,14H2,1H3. The summed E-state index contributed by atoms with van der Waals surface area (Å²) in [5, 5.41) is 10.3. The van der Waals surface area contributed by atoms with Gasteiger partial charge in [-0.3, -0.25) is 0 Å². The summed E-state index contributed by atoms with van der Waals surface area (Å²) < 4.78 is 33.6. The highest BCUT2D eigenvalue weighted by molar-refractivity contribution is 7.89. The van der Waals surface area contributed by atoms with E-state index < -0.39 is 10.0 Å². The Kier molecular flexibility index (Phi) is 5.61. The highest BCUT2D eigenvalue weighted by atomic mass is 32.2. The number of sulfonamides is 1. The molecule has 4 rings (SSSR count). The van der Waals surface area contributed by atoms with Crippen LogP contribution in [0, 0.1) is 0 Å². The number of benzene rings is 1. The molecule has 1 aliphatic heterocycles. The molecule has 0 amide bonds. The van der Waals surface area contributed by atoms with Gasteiger partial charge in [0.15, 0.2) is 0 Å². The monoisotopic (exact) mass is 417 g/mol. The predicted octanol–water partition coefficient (Wildman–Crippen LogP) is 4.32. The quantitative estimate of drug-likeness (QED) is 0.597. The lowest BCUT2D eigenvalue weighted by Crippen LogP contribution is -2.39. The van der Waals surface area contributed by atoms with Crippen LogP contribution in [0.1, 0.15) is 43.6 Å². The Morgan fingerprint density at radius 1 is 1.21 bits per heavy atom. The molecular formula is C20H23N3O3S2. The van der Waals surface area contributed by atoms with Gasteiger partial charge in [0.2, 0.25) is 15.9 Å². The molecule has 1 fully saturated rings. The Morgan fingerprint density at radius 2 is 2.04 bits per heavy atom. The Balaban J connectivity index is 1.51. The third-order valence-electron chi connectivity index (χ3n) is 5.01. The van der Waals surface area contributed by atoms with Crippen LogP contribution in [-0.2, 0) is 16.4 Å². The summed E-state index contributed by atoms with van der Waals surface area (Å²) in [4.78, 5) is 1.27. The summed E-state index contributed by atoms with van der Waals surface area (Å²) in [6.07, 6.45) is 3.61. The molecule has 0 saturated carbocycles. The van der Waals surface area contributed by atoms with Gasteiger partial charge in [-0.2, -0.15) is 4.31 Å². The summed E-state index contributed by atoms with van der Waals surface area (Å²) in [7, 11) is -3.53. The largest absolute Gasteiger partial charge is 0.420 e. The number of aromatic nitrogens is 2. The molecule has 1 atom stereocenters. The van der Waals surface area contributed by atoms with Gasteiger partial charge in [-0.25, -0.2) is 8.42 Å². The molecule has 6 nitrogen and oxygen atoms in total. The minimum Gasteiger partial charge on any atom is -0.420 e. The number of hydrogen-bond acceptors (Lipinski definition) is 6. The Bertz CT molecular complexity index is 1010. The predicted molar refractivity (Wildman–Crippen MR) is 109 cm³/mol. The third kappa shape index (κ3) is 3.90. The van der Waals surface area contributed by atoms with Gasteiger partial charge >= 0.3 is 0 Å². The van der Waals surface area contributed by atoms with Gasteiger partial charge in [0.1, 0.15) is 0 Å². The molecule has 0 radical (unpaired) electrons. The number of rotatable bonds is 6. The highest BCUT2D eigenvalue weighted by Gasteiger charge is 2.33. The number of piperidine rings is 1. The van der Waals surface area contributed by atoms with Crippen molar-refractivity contribution < 1.29 is 12.8 Å². The molecule has 3 aromatic rings. The molecule has 0 aliphatic carbocycles. The summed E-state index contributed by atoms with van der Waals surface area (Å²) >= 11 is 1.54. The molecule has 8 heteroatoms. The second-order valence-electron chi connectivity index (χ2n) is 7.02. The first-order valence-corrected chi connectivity index (χ1v) is 11.9. The van der Waals surface area contributed by atoms with E-state index in [0.717, 1.165) is 36.1 Å². The van der Waals surface area contributed by atoms with Crippen LogP contribution in [0.4, 0.5) is 0 Å². The van der Waals surface area contributed by atoms with E-state index in [2.05, 4.69) is 17.1 Å². The molecule has 0 bridgehead atoms. The van der Waals surface area contributed by atoms with E-state index in [0.29, 0.717) is 29.8 Å². The first-order chi connectivity index (χ1) is 13.6. The van der Waals surface area contributed by atoms with Crippen molar-refractivity contribution in [1.82, 2.24) is 14.5 Å². The van der Waals surface area contributed by atoms with Gasteiger partial charge in [0, 0.05) is 13.1 Å². The van der Waals surface area contributed by atoms with E-state index in [-0.39, 0.29) is 5.92 Å². The van der Waals surface area contributed by atoms with E-state index in [9.17, 15) is 8.42 Å². The van der Waals surface area contributed by atoms with Crippen LogP contribution in [0.15, 0.2) is 51.1 Å². The van der Waals surface area contributed by atoms with Gasteiger partial charge in [-0.15, -0.1) is 21.5 Å². The van der Waals surface area contributed by atoms with Gasteiger partial charge in [-0.1, -0.05) is 31.5 Å². The molecular weight excluding hydrogens is 394 g/mol. The van der Waals surface area contributed by atoms with Crippen LogP contribution < -0.4 is 0 Å². The summed E-state index contributed by atoms with van der Waals surface area (Å²) in [6, 6.07) is 11.1. The smallest absolute Gasteiger partial charge is 0.257 e. The Hall–Kier alpha value is -2.03. The van der Waals surface area contributed by atoms with Crippen molar-refractivity contribution in [3.63, 3.8) is 0 Å². The maximum absolute atomic E-state index is 13.1. The third-order valence-corrected chi connectivity index (χ3v) is 7.74. The molecule has 28 heavy (non-hydrogen) atoms. The summed E-state index contributed by atoms with van der Waals surface area (Å²) in [5.74, 6) is 0.933. The van der Waals surface area contributed by atoms with Crippen molar-refractivity contribution in [2.24, 2.45) is 0 Å². The fourth-order valence-electron chi connectivity index (χ4n) is 3.53. The van der Waals surface area contributed by atoms with Crippen LogP contribution in [0.2, 0.25) is 0 Å². The SMILES string of the molecule is CCCc1ccc(S(=O)(=O)N2CCCC(c3nnc(-c4cccs4)o3)C2)cc1. The first-order valence-electron chi connectivity index (χ1n) is 9.54. The zero-order valence-electron chi connectivity index (χ0n) is 15.7. The minimum absolute atomic E-state index is 0.0795. The average molecular weight is 418 g/mol. The van der Waals surface area contributed by atoms with Crippen LogP contribution in [0.3, 0.4) is 0 Å². The van der Waals surface area contributed by atoms with E-state index in [4.69, 9.17) is 4.42 Å². The van der Waals surface area contributed by atoms with Crippen molar-refractivity contribution in [1.29, 1.82) is 0 Å². The number of hydrogen-bond donors (Lipinski definition) is 0. The van der Waals surface area contributed by atoms with Gasteiger partial charge in [-0.05, 0) is 48.4 Å². The maximum atomic E-state index is 13.1. The summed E-state index contributed by atoms with van der Waals surface area (Å²) in [6.45, 7) is 2.99. The van der Waals surface area contributed by atoms with Gasteiger partial charge < -0.3 is 4.42 Å². The lowest BCUT2D eigenvalue weighted by atomic mass is 10.00.